The second kappa shape index (κ2) is 11.7. The van der Waals surface area contributed by atoms with Crippen LogP contribution in [0.25, 0.3) is 0 Å². The van der Waals surface area contributed by atoms with Crippen molar-refractivity contribution in [3.8, 4) is 0 Å². The first-order valence-corrected chi connectivity index (χ1v) is 16.1. The van der Waals surface area contributed by atoms with E-state index < -0.39 is 80.5 Å². The molecule has 1 saturated heterocycles. The number of alkyl halides is 1. The van der Waals surface area contributed by atoms with Gasteiger partial charge < -0.3 is 25.4 Å². The predicted molar refractivity (Wildman–Crippen MR) is 150 cm³/mol. The summed E-state index contributed by atoms with van der Waals surface area (Å²) in [7, 11) is -4.32. The van der Waals surface area contributed by atoms with Crippen LogP contribution in [0.1, 0.15) is 79.1 Å². The Bertz CT molecular complexity index is 1230. The summed E-state index contributed by atoms with van der Waals surface area (Å²) in [6.07, 6.45) is 4.79. The van der Waals surface area contributed by atoms with Gasteiger partial charge in [0.1, 0.15) is 34.6 Å². The molecule has 2 heterocycles. The lowest BCUT2D eigenvalue weighted by Crippen LogP contribution is -2.59. The molecule has 0 radical (unpaired) electrons. The Kier molecular flexibility index (Phi) is 9.00. The number of nitrogens with zero attached hydrogens (tertiary/aromatic N) is 1. The van der Waals surface area contributed by atoms with Gasteiger partial charge >= 0.3 is 6.09 Å². The van der Waals surface area contributed by atoms with Gasteiger partial charge in [-0.2, -0.15) is 0 Å². The maximum Gasteiger partial charge on any atom is 0.408 e. The van der Waals surface area contributed by atoms with E-state index in [1.54, 1.807) is 26.8 Å². The van der Waals surface area contributed by atoms with Crippen LogP contribution in [-0.2, 0) is 29.1 Å². The highest BCUT2D eigenvalue weighted by atomic mass is 32.2. The Balaban J connectivity index is 1.60. The van der Waals surface area contributed by atoms with E-state index in [1.165, 1.54) is 4.90 Å². The maximum absolute atomic E-state index is 13.9. The average Bonchev–Trinajstić information content (AvgIpc) is 3.78. The molecule has 12 nitrogen and oxygen atoms in total. The standard InChI is InChI=1S/C28H43FN4O8S/c1-17-9-7-5-6-8-10-18-14-28(18,24(37)32-42(39,40)27(16-29)11-12-27)31-22(35)20-13-19(34)15-33(20)23(36)21(17)30-25(38)41-26(2,3)4/h8,10,17-21,34H,5-7,9,11-16H2,1-4H3,(H,30,38)(H,31,35)(H,32,37). The molecule has 0 bridgehead atoms. The van der Waals surface area contributed by atoms with E-state index in [0.717, 1.165) is 12.8 Å². The minimum Gasteiger partial charge on any atom is -0.444 e. The summed E-state index contributed by atoms with van der Waals surface area (Å²) < 4.78 is 44.9. The summed E-state index contributed by atoms with van der Waals surface area (Å²) in [6.45, 7) is 5.64. The second-order valence-corrected chi connectivity index (χ2v) is 15.3. The molecule has 6 unspecified atom stereocenters. The zero-order chi connectivity index (χ0) is 31.1. The van der Waals surface area contributed by atoms with Crippen molar-refractivity contribution in [3.63, 3.8) is 0 Å². The Morgan fingerprint density at radius 2 is 1.93 bits per heavy atom. The first-order chi connectivity index (χ1) is 19.5. The van der Waals surface area contributed by atoms with Gasteiger partial charge in [-0.1, -0.05) is 25.5 Å². The summed E-state index contributed by atoms with van der Waals surface area (Å²) in [5, 5.41) is 15.8. The monoisotopic (exact) mass is 614 g/mol. The molecular weight excluding hydrogens is 571 g/mol. The molecule has 0 spiro atoms. The molecule has 2 aliphatic heterocycles. The lowest BCUT2D eigenvalue weighted by Gasteiger charge is -2.32. The molecule has 0 aromatic carbocycles. The number of nitrogens with one attached hydrogen (secondary N) is 3. The van der Waals surface area contributed by atoms with E-state index in [9.17, 15) is 37.1 Å². The fourth-order valence-electron chi connectivity index (χ4n) is 5.74. The summed E-state index contributed by atoms with van der Waals surface area (Å²) in [5.74, 6) is -3.07. The third kappa shape index (κ3) is 6.74. The van der Waals surface area contributed by atoms with Crippen molar-refractivity contribution in [2.75, 3.05) is 13.2 Å². The quantitative estimate of drug-likeness (QED) is 0.337. The van der Waals surface area contributed by atoms with Gasteiger partial charge in [-0.3, -0.25) is 19.1 Å². The topological polar surface area (TPSA) is 171 Å². The van der Waals surface area contributed by atoms with Crippen LogP contribution in [0.4, 0.5) is 9.18 Å². The molecule has 4 N–H and O–H groups in total. The molecule has 0 aromatic heterocycles. The van der Waals surface area contributed by atoms with Crippen molar-refractivity contribution in [2.24, 2.45) is 11.8 Å². The van der Waals surface area contributed by atoms with Crippen LogP contribution in [0.3, 0.4) is 0 Å². The number of halogens is 1. The van der Waals surface area contributed by atoms with Crippen LogP contribution >= 0.6 is 0 Å². The molecule has 236 valence electrons. The molecule has 4 rings (SSSR count). The smallest absolute Gasteiger partial charge is 0.408 e. The number of carbonyl (C=O) groups is 4. The van der Waals surface area contributed by atoms with E-state index in [-0.39, 0.29) is 38.1 Å². The number of hydrogen-bond acceptors (Lipinski definition) is 8. The van der Waals surface area contributed by atoms with E-state index in [1.807, 2.05) is 17.7 Å². The van der Waals surface area contributed by atoms with Crippen LogP contribution in [0.5, 0.6) is 0 Å². The Hall–Kier alpha value is -2.74. The minimum absolute atomic E-state index is 0.1000. The number of aliphatic hydroxyl groups excluding tert-OH is 1. The molecule has 4 aliphatic rings. The van der Waals surface area contributed by atoms with Gasteiger partial charge in [0.05, 0.1) is 6.10 Å². The highest BCUT2D eigenvalue weighted by Crippen LogP contribution is 2.47. The summed E-state index contributed by atoms with van der Waals surface area (Å²) in [5.41, 5.74) is -2.40. The molecule has 0 aromatic rings. The number of ether oxygens (including phenoxy) is 1. The third-order valence-electron chi connectivity index (χ3n) is 8.64. The van der Waals surface area contributed by atoms with E-state index in [2.05, 4.69) is 10.6 Å². The largest absolute Gasteiger partial charge is 0.444 e. The molecular formula is C28H43FN4O8S. The molecule has 42 heavy (non-hydrogen) atoms. The Morgan fingerprint density at radius 3 is 2.55 bits per heavy atom. The van der Waals surface area contributed by atoms with Crippen molar-refractivity contribution in [1.29, 1.82) is 0 Å². The first-order valence-electron chi connectivity index (χ1n) is 14.6. The number of aliphatic hydroxyl groups is 1. The number of carbonyl (C=O) groups excluding carboxylic acids is 4. The fourth-order valence-corrected chi connectivity index (χ4v) is 7.17. The predicted octanol–water partition coefficient (Wildman–Crippen LogP) is 1.43. The second-order valence-electron chi connectivity index (χ2n) is 13.2. The number of alkyl carbamates (subject to hydrolysis) is 1. The summed E-state index contributed by atoms with van der Waals surface area (Å²) in [4.78, 5) is 54.8. The maximum atomic E-state index is 13.9. The zero-order valence-corrected chi connectivity index (χ0v) is 25.5. The Morgan fingerprint density at radius 1 is 1.24 bits per heavy atom. The highest BCUT2D eigenvalue weighted by Gasteiger charge is 2.64. The molecule has 3 fully saturated rings. The minimum atomic E-state index is -4.32. The van der Waals surface area contributed by atoms with Crippen LogP contribution in [0.2, 0.25) is 0 Å². The van der Waals surface area contributed by atoms with Gasteiger partial charge in [0.15, 0.2) is 0 Å². The summed E-state index contributed by atoms with van der Waals surface area (Å²) >= 11 is 0. The molecule has 2 saturated carbocycles. The lowest BCUT2D eigenvalue weighted by molar-refractivity contribution is -0.142. The number of fused-ring (bicyclic) bond motifs is 2. The number of amides is 4. The highest BCUT2D eigenvalue weighted by molar-refractivity contribution is 7.91. The van der Waals surface area contributed by atoms with Gasteiger partial charge in [0.25, 0.3) is 5.91 Å². The van der Waals surface area contributed by atoms with Crippen LogP contribution in [0.15, 0.2) is 12.2 Å². The SMILES string of the molecule is CC1CCCCC=CC2CC2(C(=O)NS(=O)(=O)C2(CF)CC2)NC(=O)C2CC(O)CN2C(=O)C1NC(=O)OC(C)(C)C. The van der Waals surface area contributed by atoms with Crippen LogP contribution < -0.4 is 15.4 Å². The van der Waals surface area contributed by atoms with Crippen LogP contribution in [0, 0.1) is 11.8 Å². The van der Waals surface area contributed by atoms with Gasteiger partial charge in [0.2, 0.25) is 21.8 Å². The lowest BCUT2D eigenvalue weighted by atomic mass is 9.93. The number of hydrogen-bond donors (Lipinski definition) is 4. The summed E-state index contributed by atoms with van der Waals surface area (Å²) in [6, 6.07) is -2.20. The molecule has 14 heteroatoms. The van der Waals surface area contributed by atoms with Crippen LogP contribution in [-0.4, -0.2) is 89.5 Å². The van der Waals surface area contributed by atoms with E-state index in [4.69, 9.17) is 4.74 Å². The van der Waals surface area contributed by atoms with Crippen molar-refractivity contribution in [2.45, 2.75) is 113 Å². The molecule has 4 amide bonds. The average molecular weight is 615 g/mol. The van der Waals surface area contributed by atoms with Gasteiger partial charge in [-0.05, 0) is 65.2 Å². The molecule has 2 aliphatic carbocycles. The van der Waals surface area contributed by atoms with E-state index >= 15 is 0 Å². The number of sulfonamides is 1. The van der Waals surface area contributed by atoms with Crippen molar-refractivity contribution in [3.05, 3.63) is 12.2 Å². The van der Waals surface area contributed by atoms with Crippen molar-refractivity contribution >= 4 is 33.8 Å². The zero-order valence-electron chi connectivity index (χ0n) is 24.7. The number of allylic oxidation sites excluding steroid dienone is 1. The first kappa shape index (κ1) is 32.2. The van der Waals surface area contributed by atoms with Gasteiger partial charge in [-0.15, -0.1) is 0 Å². The third-order valence-corrected chi connectivity index (χ3v) is 10.7. The van der Waals surface area contributed by atoms with Crippen molar-refractivity contribution in [1.82, 2.24) is 20.3 Å². The molecule has 6 atom stereocenters. The van der Waals surface area contributed by atoms with Crippen molar-refractivity contribution < 1.29 is 41.8 Å². The Labute approximate surface area is 246 Å². The normalized spacial score (nSPS) is 33.3. The van der Waals surface area contributed by atoms with Gasteiger partial charge in [-0.25, -0.2) is 17.6 Å². The van der Waals surface area contributed by atoms with E-state index in [0.29, 0.717) is 12.8 Å². The van der Waals surface area contributed by atoms with Gasteiger partial charge in [0, 0.05) is 18.9 Å². The fraction of sp³-hybridized carbons (Fsp3) is 0.786. The number of rotatable bonds is 5.